The standard InChI is InChI=1S/C26H48N2O2Si/c1-8-26(22-15-11-9-12-16-22)24(29)27(23-17-13-10-14-18-23)25(30)28(26)31(19(2)3,20(4)5)21(6)7/h19-23H,8-18H2,1-7H3. The van der Waals surface area contributed by atoms with Gasteiger partial charge in [-0.25, -0.2) is 4.79 Å². The SMILES string of the molecule is CCC1(C2CCCCC2)C(=O)N(C2CCCCC2)C(=O)N1[Si](C(C)C)(C(C)C)C(C)C. The molecule has 31 heavy (non-hydrogen) atoms. The summed E-state index contributed by atoms with van der Waals surface area (Å²) in [6, 6.07) is 0.207. The molecule has 1 unspecified atom stereocenters. The van der Waals surface area contributed by atoms with Gasteiger partial charge in [0.2, 0.25) is 0 Å². The van der Waals surface area contributed by atoms with E-state index >= 15 is 0 Å². The molecule has 0 aromatic heterocycles. The van der Waals surface area contributed by atoms with Crippen LogP contribution in [-0.4, -0.2) is 41.2 Å². The van der Waals surface area contributed by atoms with E-state index in [-0.39, 0.29) is 18.0 Å². The molecular formula is C26H48N2O2Si. The van der Waals surface area contributed by atoms with Gasteiger partial charge >= 0.3 is 6.03 Å². The van der Waals surface area contributed by atoms with E-state index in [1.807, 2.05) is 4.90 Å². The van der Waals surface area contributed by atoms with Crippen LogP contribution >= 0.6 is 0 Å². The Bertz CT molecular complexity index is 628. The number of carbonyl (C=O) groups is 2. The third-order valence-electron chi connectivity index (χ3n) is 9.31. The number of urea groups is 1. The first-order valence-corrected chi connectivity index (χ1v) is 15.5. The van der Waals surface area contributed by atoms with Gasteiger partial charge in [-0.2, -0.15) is 0 Å². The van der Waals surface area contributed by atoms with Crippen molar-refractivity contribution in [1.29, 1.82) is 0 Å². The highest BCUT2D eigenvalue weighted by Crippen LogP contribution is 2.55. The second-order valence-corrected chi connectivity index (χ2v) is 17.2. The molecule has 0 spiro atoms. The van der Waals surface area contributed by atoms with Crippen LogP contribution in [-0.2, 0) is 4.79 Å². The topological polar surface area (TPSA) is 40.6 Å². The van der Waals surface area contributed by atoms with E-state index in [4.69, 9.17) is 0 Å². The summed E-state index contributed by atoms with van der Waals surface area (Å²) < 4.78 is 2.35. The number of carbonyl (C=O) groups excluding carboxylic acids is 2. The second kappa shape index (κ2) is 9.57. The van der Waals surface area contributed by atoms with Crippen LogP contribution in [0.2, 0.25) is 16.6 Å². The lowest BCUT2D eigenvalue weighted by molar-refractivity contribution is -0.137. The largest absolute Gasteiger partial charge is 0.336 e. The Labute approximate surface area is 192 Å². The molecule has 5 heteroatoms. The fourth-order valence-corrected chi connectivity index (χ4v) is 15.3. The Balaban J connectivity index is 2.22. The zero-order chi connectivity index (χ0) is 23.0. The predicted octanol–water partition coefficient (Wildman–Crippen LogP) is 7.49. The molecule has 2 saturated carbocycles. The van der Waals surface area contributed by atoms with Crippen LogP contribution in [0.1, 0.15) is 119 Å². The van der Waals surface area contributed by atoms with Gasteiger partial charge in [0.15, 0.2) is 8.24 Å². The molecule has 0 aromatic rings. The molecule has 1 atom stereocenters. The quantitative estimate of drug-likeness (QED) is 0.299. The zero-order valence-corrected chi connectivity index (χ0v) is 22.4. The third kappa shape index (κ3) is 3.71. The maximum Gasteiger partial charge on any atom is 0.319 e. The van der Waals surface area contributed by atoms with Gasteiger partial charge in [0.05, 0.1) is 0 Å². The van der Waals surface area contributed by atoms with Crippen LogP contribution < -0.4 is 0 Å². The number of hydrogen-bond donors (Lipinski definition) is 0. The van der Waals surface area contributed by atoms with Crippen molar-refractivity contribution in [3.05, 3.63) is 0 Å². The lowest BCUT2D eigenvalue weighted by atomic mass is 9.73. The minimum Gasteiger partial charge on any atom is -0.336 e. The first-order chi connectivity index (χ1) is 14.7. The highest BCUT2D eigenvalue weighted by Gasteiger charge is 2.68. The molecule has 0 bridgehead atoms. The van der Waals surface area contributed by atoms with Gasteiger partial charge in [-0.1, -0.05) is 87.0 Å². The molecule has 178 valence electrons. The lowest BCUT2D eigenvalue weighted by Gasteiger charge is -2.56. The average molecular weight is 449 g/mol. The molecule has 0 aromatic carbocycles. The monoisotopic (exact) mass is 448 g/mol. The highest BCUT2D eigenvalue weighted by atomic mass is 28.3. The number of amides is 3. The molecule has 3 amide bonds. The van der Waals surface area contributed by atoms with Gasteiger partial charge in [-0.15, -0.1) is 0 Å². The van der Waals surface area contributed by atoms with Crippen molar-refractivity contribution in [1.82, 2.24) is 9.47 Å². The molecule has 1 aliphatic heterocycles. The Morgan fingerprint density at radius 3 is 1.68 bits per heavy atom. The summed E-state index contributed by atoms with van der Waals surface area (Å²) in [5.41, 5.74) is 0.653. The van der Waals surface area contributed by atoms with Crippen molar-refractivity contribution in [3.8, 4) is 0 Å². The minimum atomic E-state index is -2.32. The summed E-state index contributed by atoms with van der Waals surface area (Å²) >= 11 is 0. The van der Waals surface area contributed by atoms with Crippen LogP contribution in [0.15, 0.2) is 0 Å². The first kappa shape index (κ1) is 24.8. The van der Waals surface area contributed by atoms with E-state index in [9.17, 15) is 9.59 Å². The maximum atomic E-state index is 14.5. The van der Waals surface area contributed by atoms with Crippen molar-refractivity contribution < 1.29 is 9.59 Å². The normalized spacial score (nSPS) is 27.4. The van der Waals surface area contributed by atoms with Crippen molar-refractivity contribution >= 4 is 20.2 Å². The Morgan fingerprint density at radius 2 is 1.26 bits per heavy atom. The summed E-state index contributed by atoms with van der Waals surface area (Å²) in [4.78, 5) is 30.7. The third-order valence-corrected chi connectivity index (χ3v) is 16.2. The van der Waals surface area contributed by atoms with E-state index in [1.165, 1.54) is 25.7 Å². The van der Waals surface area contributed by atoms with E-state index in [1.54, 1.807) is 0 Å². The van der Waals surface area contributed by atoms with Crippen molar-refractivity contribution in [3.63, 3.8) is 0 Å². The van der Waals surface area contributed by atoms with Crippen LogP contribution in [0.25, 0.3) is 0 Å². The zero-order valence-electron chi connectivity index (χ0n) is 21.4. The molecule has 0 radical (unpaired) electrons. The van der Waals surface area contributed by atoms with Crippen LogP contribution in [0, 0.1) is 5.92 Å². The summed E-state index contributed by atoms with van der Waals surface area (Å²) in [7, 11) is -2.32. The van der Waals surface area contributed by atoms with Crippen LogP contribution in [0.3, 0.4) is 0 Å². The lowest BCUT2D eigenvalue weighted by Crippen LogP contribution is -2.70. The molecule has 2 aliphatic carbocycles. The summed E-state index contributed by atoms with van der Waals surface area (Å²) in [5.74, 6) is 0.497. The molecule has 3 rings (SSSR count). The van der Waals surface area contributed by atoms with Gasteiger partial charge in [0.25, 0.3) is 5.91 Å². The fourth-order valence-electron chi connectivity index (χ4n) is 8.15. The smallest absolute Gasteiger partial charge is 0.319 e. The Hall–Kier alpha value is -0.843. The van der Waals surface area contributed by atoms with E-state index in [2.05, 4.69) is 53.0 Å². The predicted molar refractivity (Wildman–Crippen MR) is 132 cm³/mol. The molecule has 3 fully saturated rings. The molecule has 1 heterocycles. The average Bonchev–Trinajstić information content (AvgIpc) is 2.96. The van der Waals surface area contributed by atoms with Gasteiger partial charge < -0.3 is 4.57 Å². The molecule has 1 saturated heterocycles. The Kier molecular flexibility index (Phi) is 7.65. The molecule has 3 aliphatic rings. The minimum absolute atomic E-state index is 0.0899. The van der Waals surface area contributed by atoms with Gasteiger partial charge in [-0.3, -0.25) is 9.69 Å². The summed E-state index contributed by atoms with van der Waals surface area (Å²) in [5, 5.41) is 0. The number of imide groups is 1. The molecular weight excluding hydrogens is 400 g/mol. The van der Waals surface area contributed by atoms with Gasteiger partial charge in [0, 0.05) is 6.04 Å². The fraction of sp³-hybridized carbons (Fsp3) is 0.923. The van der Waals surface area contributed by atoms with Crippen molar-refractivity contribution in [2.24, 2.45) is 5.92 Å². The van der Waals surface area contributed by atoms with Crippen molar-refractivity contribution in [2.75, 3.05) is 0 Å². The molecule has 4 nitrogen and oxygen atoms in total. The number of hydrogen-bond acceptors (Lipinski definition) is 2. The van der Waals surface area contributed by atoms with E-state index in [0.29, 0.717) is 22.5 Å². The van der Waals surface area contributed by atoms with E-state index < -0.39 is 13.8 Å². The summed E-state index contributed by atoms with van der Waals surface area (Å²) in [6.45, 7) is 16.2. The Morgan fingerprint density at radius 1 is 0.806 bits per heavy atom. The maximum absolute atomic E-state index is 14.5. The highest BCUT2D eigenvalue weighted by molar-refractivity contribution is 6.83. The van der Waals surface area contributed by atoms with Crippen LogP contribution in [0.4, 0.5) is 4.79 Å². The second-order valence-electron chi connectivity index (χ2n) is 11.5. The first-order valence-electron chi connectivity index (χ1n) is 13.3. The number of nitrogens with zero attached hydrogens (tertiary/aromatic N) is 2. The van der Waals surface area contributed by atoms with Crippen molar-refractivity contribution in [2.45, 2.75) is 147 Å². The number of rotatable bonds is 7. The van der Waals surface area contributed by atoms with E-state index in [0.717, 1.165) is 44.9 Å². The van der Waals surface area contributed by atoms with Crippen LogP contribution in [0.5, 0.6) is 0 Å². The molecule has 0 N–H and O–H groups in total. The van der Waals surface area contributed by atoms with Gasteiger partial charge in [-0.05, 0) is 54.6 Å². The summed E-state index contributed by atoms with van der Waals surface area (Å²) in [6.07, 6.45) is 12.1. The van der Waals surface area contributed by atoms with Gasteiger partial charge in [0.1, 0.15) is 5.54 Å².